The summed E-state index contributed by atoms with van der Waals surface area (Å²) in [6, 6.07) is 2.53. The van der Waals surface area contributed by atoms with E-state index in [9.17, 15) is 14.4 Å². The van der Waals surface area contributed by atoms with Gasteiger partial charge >= 0.3 is 6.09 Å². The molecule has 0 saturated carbocycles. The summed E-state index contributed by atoms with van der Waals surface area (Å²) in [5.41, 5.74) is 4.51. The maximum atomic E-state index is 12.7. The van der Waals surface area contributed by atoms with Crippen molar-refractivity contribution in [3.63, 3.8) is 0 Å². The van der Waals surface area contributed by atoms with Gasteiger partial charge in [-0.05, 0) is 51.7 Å². The van der Waals surface area contributed by atoms with Crippen molar-refractivity contribution >= 4 is 17.9 Å². The molecule has 9 nitrogen and oxygen atoms in total. The molecule has 9 heteroatoms. The molecular weight excluding hydrogens is 352 g/mol. The predicted molar refractivity (Wildman–Crippen MR) is 97.7 cm³/mol. The third-order valence-electron chi connectivity index (χ3n) is 4.17. The fourth-order valence-electron chi connectivity index (χ4n) is 2.84. The summed E-state index contributed by atoms with van der Waals surface area (Å²) >= 11 is 0. The van der Waals surface area contributed by atoms with E-state index in [1.54, 1.807) is 50.7 Å². The number of hydrazine groups is 1. The van der Waals surface area contributed by atoms with Crippen LogP contribution in [0.1, 0.15) is 44.1 Å². The van der Waals surface area contributed by atoms with Gasteiger partial charge in [0.2, 0.25) is 0 Å². The molecule has 0 spiro atoms. The minimum atomic E-state index is -0.836. The maximum absolute atomic E-state index is 12.7. The van der Waals surface area contributed by atoms with Gasteiger partial charge in [-0.2, -0.15) is 0 Å². The molecule has 0 aliphatic carbocycles. The van der Waals surface area contributed by atoms with Crippen molar-refractivity contribution in [2.45, 2.75) is 45.3 Å². The van der Waals surface area contributed by atoms with Crippen LogP contribution in [-0.4, -0.2) is 47.3 Å². The first kappa shape index (κ1) is 20.8. The number of rotatable bonds is 4. The first-order valence-electron chi connectivity index (χ1n) is 8.96. The Morgan fingerprint density at radius 1 is 1.22 bits per heavy atom. The number of aromatic nitrogens is 1. The molecule has 0 aromatic carbocycles. The van der Waals surface area contributed by atoms with Crippen LogP contribution < -0.4 is 16.2 Å². The van der Waals surface area contributed by atoms with E-state index in [1.165, 1.54) is 0 Å². The molecule has 1 aliphatic heterocycles. The zero-order valence-electron chi connectivity index (χ0n) is 16.2. The topological polar surface area (TPSA) is 111 Å². The van der Waals surface area contributed by atoms with Gasteiger partial charge in [-0.15, -0.1) is 0 Å². The Kier molecular flexibility index (Phi) is 6.84. The van der Waals surface area contributed by atoms with Gasteiger partial charge in [-0.1, -0.05) is 0 Å². The number of amides is 3. The second-order valence-electron chi connectivity index (χ2n) is 7.52. The molecule has 2 rings (SSSR count). The van der Waals surface area contributed by atoms with Gasteiger partial charge < -0.3 is 19.4 Å². The Bertz CT molecular complexity index is 674. The zero-order chi connectivity index (χ0) is 20.0. The number of ether oxygens (including phenoxy) is 2. The van der Waals surface area contributed by atoms with Crippen LogP contribution in [0.2, 0.25) is 0 Å². The summed E-state index contributed by atoms with van der Waals surface area (Å²) in [5.74, 6) is -1.06. The van der Waals surface area contributed by atoms with Gasteiger partial charge in [0.05, 0.1) is 0 Å². The first-order chi connectivity index (χ1) is 12.7. The zero-order valence-corrected chi connectivity index (χ0v) is 16.2. The Hall–Kier alpha value is -2.55. The molecule has 1 fully saturated rings. The number of alkyl carbamates (subject to hydrolysis) is 1. The fraction of sp³-hybridized carbons (Fsp3) is 0.611. The van der Waals surface area contributed by atoms with E-state index in [2.05, 4.69) is 16.2 Å². The van der Waals surface area contributed by atoms with Crippen LogP contribution in [0.3, 0.4) is 0 Å². The molecule has 0 radical (unpaired) electrons. The number of nitrogens with one attached hydrogen (secondary N) is 3. The lowest BCUT2D eigenvalue weighted by molar-refractivity contribution is -0.126. The lowest BCUT2D eigenvalue weighted by Gasteiger charge is -2.30. The molecule has 150 valence electrons. The number of carbonyl (C=O) groups excluding carboxylic acids is 3. The van der Waals surface area contributed by atoms with Crippen molar-refractivity contribution in [3.8, 4) is 0 Å². The summed E-state index contributed by atoms with van der Waals surface area (Å²) in [6.45, 7) is 6.27. The van der Waals surface area contributed by atoms with Gasteiger partial charge in [0.15, 0.2) is 0 Å². The number of carbonyl (C=O) groups is 3. The third kappa shape index (κ3) is 6.28. The van der Waals surface area contributed by atoms with Gasteiger partial charge in [-0.25, -0.2) is 4.79 Å². The molecule has 1 saturated heterocycles. The van der Waals surface area contributed by atoms with Crippen molar-refractivity contribution in [1.82, 2.24) is 20.7 Å². The van der Waals surface area contributed by atoms with E-state index < -0.39 is 29.6 Å². The Balaban J connectivity index is 2.00. The highest BCUT2D eigenvalue weighted by atomic mass is 16.6. The average molecular weight is 380 g/mol. The highest BCUT2D eigenvalue weighted by Gasteiger charge is 2.33. The van der Waals surface area contributed by atoms with Gasteiger partial charge in [-0.3, -0.25) is 20.4 Å². The van der Waals surface area contributed by atoms with Crippen molar-refractivity contribution in [1.29, 1.82) is 0 Å². The quantitative estimate of drug-likeness (QED) is 0.678. The highest BCUT2D eigenvalue weighted by Crippen LogP contribution is 2.19. The Morgan fingerprint density at radius 2 is 1.89 bits per heavy atom. The summed E-state index contributed by atoms with van der Waals surface area (Å²) in [5, 5.41) is 2.63. The molecule has 0 bridgehead atoms. The molecule has 1 atom stereocenters. The van der Waals surface area contributed by atoms with Crippen LogP contribution in [0, 0.1) is 5.92 Å². The summed E-state index contributed by atoms with van der Waals surface area (Å²) in [7, 11) is 1.73. The molecular formula is C18H28N4O5. The minimum absolute atomic E-state index is 0.113. The van der Waals surface area contributed by atoms with E-state index in [4.69, 9.17) is 9.47 Å². The standard InChI is InChI=1S/C18H28N4O5/c1-18(2,3)27-17(25)19-14(12-7-10-26-11-8-12)16(24)21-20-15(23)13-6-5-9-22(13)4/h5-6,9,12,14H,7-8,10-11H2,1-4H3,(H,19,25)(H,20,23)(H,21,24)/t14-/m0/s1. The number of nitrogens with zero attached hydrogens (tertiary/aromatic N) is 1. The van der Waals surface area contributed by atoms with Crippen LogP contribution >= 0.6 is 0 Å². The van der Waals surface area contributed by atoms with Crippen LogP contribution in [0.25, 0.3) is 0 Å². The first-order valence-corrected chi connectivity index (χ1v) is 8.96. The van der Waals surface area contributed by atoms with Crippen molar-refractivity contribution in [2.75, 3.05) is 13.2 Å². The van der Waals surface area contributed by atoms with E-state index in [1.807, 2.05) is 0 Å². The largest absolute Gasteiger partial charge is 0.444 e. The smallest absolute Gasteiger partial charge is 0.408 e. The summed E-state index contributed by atoms with van der Waals surface area (Å²) in [4.78, 5) is 37.0. The maximum Gasteiger partial charge on any atom is 0.408 e. The second-order valence-corrected chi connectivity index (χ2v) is 7.52. The Morgan fingerprint density at radius 3 is 2.44 bits per heavy atom. The second kappa shape index (κ2) is 8.90. The van der Waals surface area contributed by atoms with Gasteiger partial charge in [0.1, 0.15) is 17.3 Å². The van der Waals surface area contributed by atoms with Crippen LogP contribution in [-0.2, 0) is 21.3 Å². The highest BCUT2D eigenvalue weighted by molar-refractivity contribution is 5.95. The van der Waals surface area contributed by atoms with E-state index >= 15 is 0 Å². The van der Waals surface area contributed by atoms with Crippen molar-refractivity contribution < 1.29 is 23.9 Å². The minimum Gasteiger partial charge on any atom is -0.444 e. The normalized spacial score (nSPS) is 16.3. The molecule has 0 unspecified atom stereocenters. The molecule has 2 heterocycles. The van der Waals surface area contributed by atoms with Crippen LogP contribution in [0.15, 0.2) is 18.3 Å². The van der Waals surface area contributed by atoms with E-state index in [-0.39, 0.29) is 5.92 Å². The van der Waals surface area contributed by atoms with Crippen LogP contribution in [0.5, 0.6) is 0 Å². The summed E-state index contributed by atoms with van der Waals surface area (Å²) < 4.78 is 12.2. The summed E-state index contributed by atoms with van der Waals surface area (Å²) in [6.07, 6.45) is 2.30. The number of aryl methyl sites for hydroxylation is 1. The van der Waals surface area contributed by atoms with Crippen molar-refractivity contribution in [3.05, 3.63) is 24.0 Å². The van der Waals surface area contributed by atoms with Gasteiger partial charge in [0.25, 0.3) is 11.8 Å². The average Bonchev–Trinajstić information content (AvgIpc) is 3.02. The number of hydrogen-bond acceptors (Lipinski definition) is 5. The fourth-order valence-corrected chi connectivity index (χ4v) is 2.84. The molecule has 3 amide bonds. The molecule has 1 aromatic heterocycles. The molecule has 3 N–H and O–H groups in total. The van der Waals surface area contributed by atoms with E-state index in [0.717, 1.165) is 0 Å². The lowest BCUT2D eigenvalue weighted by atomic mass is 9.91. The predicted octanol–water partition coefficient (Wildman–Crippen LogP) is 1.11. The molecule has 1 aliphatic rings. The van der Waals surface area contributed by atoms with E-state index in [0.29, 0.717) is 31.7 Å². The SMILES string of the molecule is Cn1cccc1C(=O)NNC(=O)[C@@H](NC(=O)OC(C)(C)C)C1CCOCC1. The third-order valence-corrected chi connectivity index (χ3v) is 4.17. The van der Waals surface area contributed by atoms with Gasteiger partial charge in [0, 0.05) is 26.5 Å². The lowest BCUT2D eigenvalue weighted by Crippen LogP contribution is -2.56. The van der Waals surface area contributed by atoms with Crippen molar-refractivity contribution in [2.24, 2.45) is 13.0 Å². The molecule has 27 heavy (non-hydrogen) atoms. The van der Waals surface area contributed by atoms with Crippen LogP contribution in [0.4, 0.5) is 4.79 Å². The Labute approximate surface area is 158 Å². The molecule has 1 aromatic rings. The monoisotopic (exact) mass is 380 g/mol. The number of hydrogen-bond donors (Lipinski definition) is 3.